The van der Waals surface area contributed by atoms with Crippen LogP contribution in [0, 0.1) is 11.8 Å². The number of ether oxygens (including phenoxy) is 1. The molecule has 2 N–H and O–H groups in total. The number of nitrogens with zero attached hydrogens (tertiary/aromatic N) is 1. The fraction of sp³-hybridized carbons (Fsp3) is 0.923. The van der Waals surface area contributed by atoms with Gasteiger partial charge in [0.15, 0.2) is 0 Å². The van der Waals surface area contributed by atoms with Crippen LogP contribution in [0.2, 0.25) is 0 Å². The smallest absolute Gasteiger partial charge is 0.410 e. The maximum Gasteiger partial charge on any atom is 0.410 e. The molecule has 0 saturated carbocycles. The van der Waals surface area contributed by atoms with Crippen LogP contribution in [-0.4, -0.2) is 36.2 Å². The third-order valence-corrected chi connectivity index (χ3v) is 3.09. The zero-order valence-corrected chi connectivity index (χ0v) is 11.5. The maximum absolute atomic E-state index is 12.0. The summed E-state index contributed by atoms with van der Waals surface area (Å²) in [4.78, 5) is 13.8. The van der Waals surface area contributed by atoms with Gasteiger partial charge in [-0.2, -0.15) is 0 Å². The van der Waals surface area contributed by atoms with Gasteiger partial charge >= 0.3 is 6.09 Å². The van der Waals surface area contributed by atoms with Gasteiger partial charge in [-0.15, -0.1) is 0 Å². The summed E-state index contributed by atoms with van der Waals surface area (Å²) in [6, 6.07) is 0. The van der Waals surface area contributed by atoms with E-state index >= 15 is 0 Å². The summed E-state index contributed by atoms with van der Waals surface area (Å²) in [5.41, 5.74) is 5.32. The van der Waals surface area contributed by atoms with Crippen LogP contribution in [0.15, 0.2) is 0 Å². The number of amides is 1. The molecule has 2 unspecified atom stereocenters. The highest BCUT2D eigenvalue weighted by molar-refractivity contribution is 5.68. The quantitative estimate of drug-likeness (QED) is 0.767. The van der Waals surface area contributed by atoms with Crippen LogP contribution in [0.3, 0.4) is 0 Å². The molecule has 1 saturated heterocycles. The first kappa shape index (κ1) is 14.3. The Labute approximate surface area is 104 Å². The molecule has 0 radical (unpaired) electrons. The van der Waals surface area contributed by atoms with E-state index in [1.54, 1.807) is 0 Å². The minimum absolute atomic E-state index is 0.204. The predicted molar refractivity (Wildman–Crippen MR) is 68.7 cm³/mol. The van der Waals surface area contributed by atoms with Crippen LogP contribution in [-0.2, 0) is 4.74 Å². The highest BCUT2D eigenvalue weighted by atomic mass is 16.6. The Kier molecular flexibility index (Phi) is 4.80. The van der Waals surface area contributed by atoms with Gasteiger partial charge in [-0.25, -0.2) is 4.79 Å². The standard InChI is InChI=1S/C13H26N2O2/c1-10-5-6-15(9-11(7-10)8-14)12(16)17-13(2,3)4/h10-11H,5-9,14H2,1-4H3. The minimum Gasteiger partial charge on any atom is -0.444 e. The first-order valence-electron chi connectivity index (χ1n) is 6.50. The normalized spacial score (nSPS) is 26.5. The Balaban J connectivity index is 2.60. The highest BCUT2D eigenvalue weighted by Crippen LogP contribution is 2.22. The number of hydrogen-bond acceptors (Lipinski definition) is 3. The molecule has 0 aliphatic carbocycles. The molecule has 0 spiro atoms. The topological polar surface area (TPSA) is 55.6 Å². The second-order valence-corrected chi connectivity index (χ2v) is 6.16. The number of carbonyl (C=O) groups is 1. The molecule has 0 aromatic carbocycles. The molecule has 17 heavy (non-hydrogen) atoms. The van der Waals surface area contributed by atoms with E-state index in [2.05, 4.69) is 6.92 Å². The molecule has 0 bridgehead atoms. The van der Waals surface area contributed by atoms with Crippen molar-refractivity contribution < 1.29 is 9.53 Å². The van der Waals surface area contributed by atoms with Crippen molar-refractivity contribution in [3.63, 3.8) is 0 Å². The van der Waals surface area contributed by atoms with Crippen LogP contribution in [0.25, 0.3) is 0 Å². The van der Waals surface area contributed by atoms with Crippen molar-refractivity contribution in [1.29, 1.82) is 0 Å². The Morgan fingerprint density at radius 3 is 2.65 bits per heavy atom. The zero-order valence-electron chi connectivity index (χ0n) is 11.5. The van der Waals surface area contributed by atoms with Crippen LogP contribution in [0.1, 0.15) is 40.5 Å². The van der Waals surface area contributed by atoms with Gasteiger partial charge in [0.25, 0.3) is 0 Å². The first-order chi connectivity index (χ1) is 7.81. The molecule has 4 nitrogen and oxygen atoms in total. The van der Waals surface area contributed by atoms with Gasteiger partial charge in [-0.1, -0.05) is 6.92 Å². The molecule has 1 aliphatic rings. The minimum atomic E-state index is -0.423. The van der Waals surface area contributed by atoms with Crippen LogP contribution < -0.4 is 5.73 Å². The first-order valence-corrected chi connectivity index (χ1v) is 6.50. The number of rotatable bonds is 1. The summed E-state index contributed by atoms with van der Waals surface area (Å²) in [5.74, 6) is 1.04. The lowest BCUT2D eigenvalue weighted by molar-refractivity contribution is 0.0236. The van der Waals surface area contributed by atoms with Gasteiger partial charge in [-0.3, -0.25) is 0 Å². The van der Waals surface area contributed by atoms with Crippen molar-refractivity contribution in [2.45, 2.75) is 46.1 Å². The molecule has 0 aromatic rings. The second-order valence-electron chi connectivity index (χ2n) is 6.16. The van der Waals surface area contributed by atoms with E-state index in [0.717, 1.165) is 25.9 Å². The van der Waals surface area contributed by atoms with Crippen LogP contribution in [0.4, 0.5) is 4.79 Å². The molecule has 0 aromatic heterocycles. The summed E-state index contributed by atoms with van der Waals surface area (Å²) in [6.45, 7) is 10.1. The van der Waals surface area contributed by atoms with Gasteiger partial charge in [-0.05, 0) is 52.0 Å². The van der Waals surface area contributed by atoms with Crippen molar-refractivity contribution >= 4 is 6.09 Å². The third-order valence-electron chi connectivity index (χ3n) is 3.09. The number of carbonyl (C=O) groups excluding carboxylic acids is 1. The van der Waals surface area contributed by atoms with E-state index in [1.165, 1.54) is 0 Å². The van der Waals surface area contributed by atoms with Crippen molar-refractivity contribution in [2.75, 3.05) is 19.6 Å². The lowest BCUT2D eigenvalue weighted by Gasteiger charge is -2.28. The lowest BCUT2D eigenvalue weighted by atomic mass is 9.95. The van der Waals surface area contributed by atoms with Gasteiger partial charge in [0.1, 0.15) is 5.60 Å². The monoisotopic (exact) mass is 242 g/mol. The zero-order chi connectivity index (χ0) is 13.1. The summed E-state index contributed by atoms with van der Waals surface area (Å²) in [7, 11) is 0. The fourth-order valence-electron chi connectivity index (χ4n) is 2.20. The summed E-state index contributed by atoms with van der Waals surface area (Å²) in [6.07, 6.45) is 1.94. The van der Waals surface area contributed by atoms with Crippen LogP contribution in [0.5, 0.6) is 0 Å². The SMILES string of the molecule is CC1CCN(C(=O)OC(C)(C)C)CC(CN)C1. The molecule has 1 rings (SSSR count). The largest absolute Gasteiger partial charge is 0.444 e. The molecule has 1 heterocycles. The van der Waals surface area contributed by atoms with Gasteiger partial charge < -0.3 is 15.4 Å². The molecule has 100 valence electrons. The van der Waals surface area contributed by atoms with Crippen molar-refractivity contribution in [1.82, 2.24) is 4.90 Å². The predicted octanol–water partition coefficient (Wildman–Crippen LogP) is 2.23. The van der Waals surface area contributed by atoms with Gasteiger partial charge in [0.05, 0.1) is 0 Å². The van der Waals surface area contributed by atoms with Crippen molar-refractivity contribution in [3.8, 4) is 0 Å². The molecule has 1 amide bonds. The van der Waals surface area contributed by atoms with E-state index in [1.807, 2.05) is 25.7 Å². The Bertz CT molecular complexity index is 261. The van der Waals surface area contributed by atoms with E-state index in [4.69, 9.17) is 10.5 Å². The Morgan fingerprint density at radius 1 is 1.47 bits per heavy atom. The average Bonchev–Trinajstić information content (AvgIpc) is 2.37. The summed E-state index contributed by atoms with van der Waals surface area (Å²) < 4.78 is 5.41. The maximum atomic E-state index is 12.0. The van der Waals surface area contributed by atoms with Gasteiger partial charge in [0, 0.05) is 13.1 Å². The highest BCUT2D eigenvalue weighted by Gasteiger charge is 2.27. The van der Waals surface area contributed by atoms with Crippen LogP contribution >= 0.6 is 0 Å². The molecular weight excluding hydrogens is 216 g/mol. The number of nitrogens with two attached hydrogens (primary N) is 1. The molecule has 2 atom stereocenters. The molecular formula is C13H26N2O2. The van der Waals surface area contributed by atoms with Crippen molar-refractivity contribution in [3.05, 3.63) is 0 Å². The molecule has 1 fully saturated rings. The molecule has 4 heteroatoms. The third kappa shape index (κ3) is 4.94. The fourth-order valence-corrected chi connectivity index (χ4v) is 2.20. The van der Waals surface area contributed by atoms with Crippen molar-refractivity contribution in [2.24, 2.45) is 17.6 Å². The van der Waals surface area contributed by atoms with E-state index < -0.39 is 5.60 Å². The summed E-state index contributed by atoms with van der Waals surface area (Å²) >= 11 is 0. The lowest BCUT2D eigenvalue weighted by Crippen LogP contribution is -2.40. The second kappa shape index (κ2) is 5.71. The summed E-state index contributed by atoms with van der Waals surface area (Å²) in [5, 5.41) is 0. The van der Waals surface area contributed by atoms with E-state index in [-0.39, 0.29) is 6.09 Å². The Hall–Kier alpha value is -0.770. The van der Waals surface area contributed by atoms with E-state index in [9.17, 15) is 4.79 Å². The molecule has 1 aliphatic heterocycles. The van der Waals surface area contributed by atoms with E-state index in [0.29, 0.717) is 18.4 Å². The average molecular weight is 242 g/mol. The van der Waals surface area contributed by atoms with Gasteiger partial charge in [0.2, 0.25) is 0 Å². The number of hydrogen-bond donors (Lipinski definition) is 1. The Morgan fingerprint density at radius 2 is 2.12 bits per heavy atom. The number of likely N-dealkylation sites (tertiary alicyclic amines) is 1.